The Hall–Kier alpha value is -2.21. The summed E-state index contributed by atoms with van der Waals surface area (Å²) in [5, 5.41) is 0.477. The van der Waals surface area contributed by atoms with E-state index in [2.05, 4.69) is 0 Å². The predicted octanol–water partition coefficient (Wildman–Crippen LogP) is 1.65. The molecule has 0 N–H and O–H groups in total. The van der Waals surface area contributed by atoms with Crippen molar-refractivity contribution in [3.63, 3.8) is 0 Å². The molecular formula is C15H17NO5. The Kier molecular flexibility index (Phi) is 3.70. The molecular weight excluding hydrogens is 274 g/mol. The van der Waals surface area contributed by atoms with Crippen LogP contribution in [-0.2, 0) is 4.74 Å². The van der Waals surface area contributed by atoms with Crippen molar-refractivity contribution in [2.24, 2.45) is 0 Å². The fourth-order valence-electron chi connectivity index (χ4n) is 2.46. The molecule has 1 aliphatic heterocycles. The quantitative estimate of drug-likeness (QED) is 0.857. The Morgan fingerprint density at radius 3 is 2.57 bits per heavy atom. The van der Waals surface area contributed by atoms with Gasteiger partial charge in [0.05, 0.1) is 32.8 Å². The van der Waals surface area contributed by atoms with E-state index < -0.39 is 0 Å². The largest absolute Gasteiger partial charge is 0.493 e. The molecule has 0 unspecified atom stereocenters. The highest BCUT2D eigenvalue weighted by Crippen LogP contribution is 2.35. The van der Waals surface area contributed by atoms with E-state index in [0.717, 1.165) is 0 Å². The minimum Gasteiger partial charge on any atom is -0.493 e. The maximum absolute atomic E-state index is 12.3. The molecule has 0 spiro atoms. The summed E-state index contributed by atoms with van der Waals surface area (Å²) in [7, 11) is 3.08. The van der Waals surface area contributed by atoms with E-state index in [-0.39, 0.29) is 5.43 Å². The summed E-state index contributed by atoms with van der Waals surface area (Å²) in [4.78, 5) is 14.3. The SMILES string of the molecule is COc1ccc2c(=O)cc(N3CCOCC3)oc2c1OC. The number of ether oxygens (including phenoxy) is 3. The van der Waals surface area contributed by atoms with Crippen LogP contribution in [0.3, 0.4) is 0 Å². The lowest BCUT2D eigenvalue weighted by Gasteiger charge is -2.27. The van der Waals surface area contributed by atoms with E-state index in [1.165, 1.54) is 13.2 Å². The molecule has 1 fully saturated rings. The van der Waals surface area contributed by atoms with Gasteiger partial charge in [0.1, 0.15) is 0 Å². The monoisotopic (exact) mass is 291 g/mol. The number of rotatable bonds is 3. The molecule has 3 rings (SSSR count). The molecule has 112 valence electrons. The van der Waals surface area contributed by atoms with Crippen molar-refractivity contribution in [3.8, 4) is 11.5 Å². The number of benzene rings is 1. The van der Waals surface area contributed by atoms with Crippen LogP contribution in [-0.4, -0.2) is 40.5 Å². The minimum absolute atomic E-state index is 0.0984. The Bertz CT molecular complexity index is 703. The Balaban J connectivity index is 2.18. The topological polar surface area (TPSA) is 61.1 Å². The van der Waals surface area contributed by atoms with Gasteiger partial charge in [0.25, 0.3) is 0 Å². The summed E-state index contributed by atoms with van der Waals surface area (Å²) >= 11 is 0. The zero-order valence-electron chi connectivity index (χ0n) is 12.0. The molecule has 6 heteroatoms. The van der Waals surface area contributed by atoms with Gasteiger partial charge in [0, 0.05) is 19.2 Å². The van der Waals surface area contributed by atoms with Gasteiger partial charge >= 0.3 is 0 Å². The molecule has 21 heavy (non-hydrogen) atoms. The fraction of sp³-hybridized carbons (Fsp3) is 0.400. The number of hydrogen-bond donors (Lipinski definition) is 0. The van der Waals surface area contributed by atoms with Gasteiger partial charge in [-0.15, -0.1) is 0 Å². The molecule has 1 aliphatic rings. The lowest BCUT2D eigenvalue weighted by molar-refractivity contribution is 0.120. The average Bonchev–Trinajstić information content (AvgIpc) is 2.54. The van der Waals surface area contributed by atoms with Crippen molar-refractivity contribution in [1.82, 2.24) is 0 Å². The molecule has 1 aromatic heterocycles. The van der Waals surface area contributed by atoms with E-state index in [0.29, 0.717) is 54.7 Å². The molecule has 0 saturated carbocycles. The number of fused-ring (bicyclic) bond motifs is 1. The van der Waals surface area contributed by atoms with Crippen LogP contribution in [0.15, 0.2) is 27.4 Å². The van der Waals surface area contributed by atoms with Gasteiger partial charge in [-0.2, -0.15) is 0 Å². The number of anilines is 1. The zero-order valence-corrected chi connectivity index (χ0v) is 12.0. The molecule has 2 heterocycles. The molecule has 0 bridgehead atoms. The van der Waals surface area contributed by atoms with Crippen LogP contribution in [0.1, 0.15) is 0 Å². The minimum atomic E-state index is -0.0984. The molecule has 1 aromatic carbocycles. The van der Waals surface area contributed by atoms with Gasteiger partial charge in [0.15, 0.2) is 22.6 Å². The molecule has 1 saturated heterocycles. The Morgan fingerprint density at radius 1 is 1.14 bits per heavy atom. The van der Waals surface area contributed by atoms with Crippen LogP contribution in [0, 0.1) is 0 Å². The first-order valence-electron chi connectivity index (χ1n) is 6.76. The van der Waals surface area contributed by atoms with E-state index in [9.17, 15) is 4.79 Å². The predicted molar refractivity (Wildman–Crippen MR) is 78.6 cm³/mol. The van der Waals surface area contributed by atoms with Gasteiger partial charge in [-0.1, -0.05) is 0 Å². The van der Waals surface area contributed by atoms with Crippen molar-refractivity contribution in [2.45, 2.75) is 0 Å². The van der Waals surface area contributed by atoms with Gasteiger partial charge < -0.3 is 23.5 Å². The smallest absolute Gasteiger partial charge is 0.204 e. The second kappa shape index (κ2) is 5.65. The van der Waals surface area contributed by atoms with Crippen LogP contribution in [0.2, 0.25) is 0 Å². The average molecular weight is 291 g/mol. The third kappa shape index (κ3) is 2.42. The maximum atomic E-state index is 12.3. The molecule has 6 nitrogen and oxygen atoms in total. The Morgan fingerprint density at radius 2 is 1.90 bits per heavy atom. The highest BCUT2D eigenvalue weighted by molar-refractivity contribution is 5.86. The summed E-state index contributed by atoms with van der Waals surface area (Å²) in [6.45, 7) is 2.63. The number of hydrogen-bond acceptors (Lipinski definition) is 6. The standard InChI is InChI=1S/C15H17NO5/c1-18-12-4-3-10-11(17)9-13(16-5-7-20-8-6-16)21-14(10)15(12)19-2/h3-4,9H,5-8H2,1-2H3. The number of morpholine rings is 1. The summed E-state index contributed by atoms with van der Waals surface area (Å²) in [5.74, 6) is 1.50. The van der Waals surface area contributed by atoms with E-state index in [4.69, 9.17) is 18.6 Å². The number of nitrogens with zero attached hydrogens (tertiary/aromatic N) is 1. The van der Waals surface area contributed by atoms with Gasteiger partial charge in [0.2, 0.25) is 5.75 Å². The second-order valence-electron chi connectivity index (χ2n) is 4.73. The lowest BCUT2D eigenvalue weighted by Crippen LogP contribution is -2.36. The van der Waals surface area contributed by atoms with Crippen LogP contribution in [0.25, 0.3) is 11.0 Å². The first-order chi connectivity index (χ1) is 10.2. The van der Waals surface area contributed by atoms with Crippen molar-refractivity contribution in [2.75, 3.05) is 45.4 Å². The van der Waals surface area contributed by atoms with E-state index in [1.54, 1.807) is 19.2 Å². The highest BCUT2D eigenvalue weighted by Gasteiger charge is 2.19. The van der Waals surface area contributed by atoms with Crippen molar-refractivity contribution < 1.29 is 18.6 Å². The summed E-state index contributed by atoms with van der Waals surface area (Å²) in [6, 6.07) is 4.90. The normalized spacial score (nSPS) is 15.2. The molecule has 0 atom stereocenters. The van der Waals surface area contributed by atoms with Crippen LogP contribution in [0.5, 0.6) is 11.5 Å². The lowest BCUT2D eigenvalue weighted by atomic mass is 10.2. The van der Waals surface area contributed by atoms with Crippen LogP contribution < -0.4 is 19.8 Å². The maximum Gasteiger partial charge on any atom is 0.204 e. The first kappa shape index (κ1) is 13.8. The van der Waals surface area contributed by atoms with Crippen LogP contribution >= 0.6 is 0 Å². The van der Waals surface area contributed by atoms with Crippen LogP contribution in [0.4, 0.5) is 5.88 Å². The molecule has 0 aliphatic carbocycles. The molecule has 0 amide bonds. The van der Waals surface area contributed by atoms with Gasteiger partial charge in [-0.3, -0.25) is 4.79 Å². The fourth-order valence-corrected chi connectivity index (χ4v) is 2.46. The summed E-state index contributed by atoms with van der Waals surface area (Å²) in [6.07, 6.45) is 0. The van der Waals surface area contributed by atoms with Gasteiger partial charge in [-0.05, 0) is 12.1 Å². The van der Waals surface area contributed by atoms with E-state index >= 15 is 0 Å². The van der Waals surface area contributed by atoms with Crippen molar-refractivity contribution in [1.29, 1.82) is 0 Å². The molecule has 2 aromatic rings. The highest BCUT2D eigenvalue weighted by atomic mass is 16.5. The first-order valence-corrected chi connectivity index (χ1v) is 6.76. The third-order valence-electron chi connectivity index (χ3n) is 3.55. The van der Waals surface area contributed by atoms with Crippen molar-refractivity contribution >= 4 is 16.9 Å². The Labute approximate surface area is 121 Å². The van der Waals surface area contributed by atoms with Crippen molar-refractivity contribution in [3.05, 3.63) is 28.4 Å². The van der Waals surface area contributed by atoms with Gasteiger partial charge in [-0.25, -0.2) is 0 Å². The third-order valence-corrected chi connectivity index (χ3v) is 3.55. The second-order valence-corrected chi connectivity index (χ2v) is 4.73. The molecule has 0 radical (unpaired) electrons. The summed E-state index contributed by atoms with van der Waals surface area (Å²) < 4.78 is 21.8. The number of methoxy groups -OCH3 is 2. The summed E-state index contributed by atoms with van der Waals surface area (Å²) in [5.41, 5.74) is 0.310. The van der Waals surface area contributed by atoms with E-state index in [1.807, 2.05) is 4.90 Å². The zero-order chi connectivity index (χ0) is 14.8.